The zero-order chi connectivity index (χ0) is 8.85. The Balaban J connectivity index is 3.69. The summed E-state index contributed by atoms with van der Waals surface area (Å²) in [5.41, 5.74) is 0. The van der Waals surface area contributed by atoms with Crippen molar-refractivity contribution in [2.75, 3.05) is 13.6 Å². The van der Waals surface area contributed by atoms with Gasteiger partial charge in [-0.2, -0.15) is 0 Å². The van der Waals surface area contributed by atoms with Gasteiger partial charge in [0, 0.05) is 6.54 Å². The quantitative estimate of drug-likeness (QED) is 0.604. The second-order valence-corrected chi connectivity index (χ2v) is 2.84. The molecule has 0 aliphatic heterocycles. The molecule has 0 rings (SSSR count). The van der Waals surface area contributed by atoms with Gasteiger partial charge in [-0.15, -0.1) is 6.42 Å². The van der Waals surface area contributed by atoms with E-state index < -0.39 is 0 Å². The fourth-order valence-electron chi connectivity index (χ4n) is 0.747. The van der Waals surface area contributed by atoms with Gasteiger partial charge in [0.2, 0.25) is 0 Å². The van der Waals surface area contributed by atoms with Gasteiger partial charge in [0.15, 0.2) is 0 Å². The van der Waals surface area contributed by atoms with Gasteiger partial charge in [-0.3, -0.25) is 4.90 Å². The molecule has 0 spiro atoms. The first-order valence-corrected chi connectivity index (χ1v) is 3.96. The van der Waals surface area contributed by atoms with Crippen LogP contribution < -0.4 is 0 Å². The molecule has 0 radical (unpaired) electrons. The zero-order valence-electron chi connectivity index (χ0n) is 7.54. The van der Waals surface area contributed by atoms with Crippen LogP contribution in [0.15, 0.2) is 0 Å². The lowest BCUT2D eigenvalue weighted by Crippen LogP contribution is -2.34. The van der Waals surface area contributed by atoms with E-state index in [4.69, 9.17) is 6.42 Å². The van der Waals surface area contributed by atoms with Crippen LogP contribution in [0.25, 0.3) is 0 Å². The Morgan fingerprint density at radius 3 is 2.55 bits per heavy atom. The molecule has 0 saturated heterocycles. The number of aliphatic hydroxyl groups is 1. The van der Waals surface area contributed by atoms with Crippen molar-refractivity contribution in [3.05, 3.63) is 0 Å². The first-order chi connectivity index (χ1) is 5.11. The number of rotatable bonds is 4. The summed E-state index contributed by atoms with van der Waals surface area (Å²) in [6.07, 6.45) is 5.74. The zero-order valence-corrected chi connectivity index (χ0v) is 7.54. The summed E-state index contributed by atoms with van der Waals surface area (Å²) in [5, 5.41) is 9.26. The van der Waals surface area contributed by atoms with Crippen molar-refractivity contribution in [3.63, 3.8) is 0 Å². The third-order valence-corrected chi connectivity index (χ3v) is 1.87. The monoisotopic (exact) mass is 155 g/mol. The highest BCUT2D eigenvalue weighted by molar-refractivity contribution is 4.96. The van der Waals surface area contributed by atoms with Crippen LogP contribution in [0.2, 0.25) is 0 Å². The third kappa shape index (κ3) is 4.02. The van der Waals surface area contributed by atoms with Gasteiger partial charge in [-0.05, 0) is 20.4 Å². The highest BCUT2D eigenvalue weighted by atomic mass is 16.3. The van der Waals surface area contributed by atoms with Gasteiger partial charge in [0.1, 0.15) is 0 Å². The predicted molar refractivity (Wildman–Crippen MR) is 47.2 cm³/mol. The van der Waals surface area contributed by atoms with Gasteiger partial charge in [0.25, 0.3) is 0 Å². The Bertz CT molecular complexity index is 139. The molecule has 64 valence electrons. The molecule has 0 aliphatic carbocycles. The summed E-state index contributed by atoms with van der Waals surface area (Å²) in [4.78, 5) is 1.97. The van der Waals surface area contributed by atoms with Crippen LogP contribution in [-0.2, 0) is 0 Å². The summed E-state index contributed by atoms with van der Waals surface area (Å²) in [5.74, 6) is 2.61. The minimum Gasteiger partial charge on any atom is -0.392 e. The number of terminal acetylenes is 1. The van der Waals surface area contributed by atoms with Crippen molar-refractivity contribution in [2.24, 2.45) is 0 Å². The lowest BCUT2D eigenvalue weighted by atomic mass is 10.2. The summed E-state index contributed by atoms with van der Waals surface area (Å²) >= 11 is 0. The first kappa shape index (κ1) is 10.5. The Morgan fingerprint density at radius 1 is 1.64 bits per heavy atom. The van der Waals surface area contributed by atoms with Crippen molar-refractivity contribution >= 4 is 0 Å². The van der Waals surface area contributed by atoms with Crippen LogP contribution in [0, 0.1) is 12.3 Å². The fraction of sp³-hybridized carbons (Fsp3) is 0.778. The first-order valence-electron chi connectivity index (χ1n) is 3.96. The average molecular weight is 155 g/mol. The fourth-order valence-corrected chi connectivity index (χ4v) is 0.747. The largest absolute Gasteiger partial charge is 0.392 e. The van der Waals surface area contributed by atoms with Crippen LogP contribution in [-0.4, -0.2) is 35.7 Å². The average Bonchev–Trinajstić information content (AvgIpc) is 2.02. The van der Waals surface area contributed by atoms with Crippen molar-refractivity contribution in [1.29, 1.82) is 0 Å². The van der Waals surface area contributed by atoms with E-state index in [2.05, 4.69) is 5.92 Å². The van der Waals surface area contributed by atoms with Crippen LogP contribution in [0.4, 0.5) is 0 Å². The Labute approximate surface area is 69.2 Å². The van der Waals surface area contributed by atoms with E-state index in [1.807, 2.05) is 25.8 Å². The maximum Gasteiger partial charge on any atom is 0.0681 e. The molecule has 0 fully saturated rings. The molecule has 0 amide bonds. The van der Waals surface area contributed by atoms with Gasteiger partial charge in [0.05, 0.1) is 12.1 Å². The summed E-state index contributed by atoms with van der Waals surface area (Å²) in [7, 11) is 1.92. The van der Waals surface area contributed by atoms with Gasteiger partial charge < -0.3 is 5.11 Å². The molecule has 0 aliphatic rings. The number of hydrogen-bond acceptors (Lipinski definition) is 2. The molecule has 0 saturated carbocycles. The van der Waals surface area contributed by atoms with E-state index in [0.29, 0.717) is 6.54 Å². The number of nitrogens with zero attached hydrogens (tertiary/aromatic N) is 1. The van der Waals surface area contributed by atoms with Crippen molar-refractivity contribution in [2.45, 2.75) is 32.4 Å². The van der Waals surface area contributed by atoms with Crippen molar-refractivity contribution < 1.29 is 5.11 Å². The molecule has 0 aromatic heterocycles. The van der Waals surface area contributed by atoms with Crippen molar-refractivity contribution in [1.82, 2.24) is 4.90 Å². The summed E-state index contributed by atoms with van der Waals surface area (Å²) in [6, 6.07) is 0.108. The maximum absolute atomic E-state index is 9.26. The maximum atomic E-state index is 9.26. The molecule has 2 unspecified atom stereocenters. The van der Waals surface area contributed by atoms with E-state index >= 15 is 0 Å². The Morgan fingerprint density at radius 2 is 2.18 bits per heavy atom. The number of hydrogen-bond donors (Lipinski definition) is 1. The number of aliphatic hydroxyl groups excluding tert-OH is 1. The van der Waals surface area contributed by atoms with Gasteiger partial charge >= 0.3 is 0 Å². The van der Waals surface area contributed by atoms with E-state index in [9.17, 15) is 5.11 Å². The van der Waals surface area contributed by atoms with Crippen LogP contribution in [0.3, 0.4) is 0 Å². The molecular weight excluding hydrogens is 138 g/mol. The minimum absolute atomic E-state index is 0.108. The number of likely N-dealkylation sites (N-methyl/N-ethyl adjacent to an activating group) is 1. The molecule has 2 heteroatoms. The molecule has 11 heavy (non-hydrogen) atoms. The van der Waals surface area contributed by atoms with E-state index in [-0.39, 0.29) is 12.1 Å². The molecule has 0 heterocycles. The Hall–Kier alpha value is -0.520. The lowest BCUT2D eigenvalue weighted by molar-refractivity contribution is 0.115. The van der Waals surface area contributed by atoms with E-state index in [1.54, 1.807) is 0 Å². The smallest absolute Gasteiger partial charge is 0.0681 e. The SMILES string of the molecule is C#CC(C)N(C)CC(O)CC. The van der Waals surface area contributed by atoms with Gasteiger partial charge in [-0.1, -0.05) is 12.8 Å². The molecule has 0 aromatic carbocycles. The van der Waals surface area contributed by atoms with E-state index in [0.717, 1.165) is 6.42 Å². The highest BCUT2D eigenvalue weighted by Crippen LogP contribution is 1.98. The molecular formula is C9H17NO. The molecule has 1 N–H and O–H groups in total. The summed E-state index contributed by atoms with van der Waals surface area (Å²) in [6.45, 7) is 4.56. The highest BCUT2D eigenvalue weighted by Gasteiger charge is 2.09. The Kier molecular flexibility index (Phi) is 4.93. The van der Waals surface area contributed by atoms with Crippen molar-refractivity contribution in [3.8, 4) is 12.3 Å². The molecule has 2 nitrogen and oxygen atoms in total. The molecule has 0 bridgehead atoms. The lowest BCUT2D eigenvalue weighted by Gasteiger charge is -2.22. The van der Waals surface area contributed by atoms with E-state index in [1.165, 1.54) is 0 Å². The van der Waals surface area contributed by atoms with Gasteiger partial charge in [-0.25, -0.2) is 0 Å². The topological polar surface area (TPSA) is 23.5 Å². The third-order valence-electron chi connectivity index (χ3n) is 1.87. The molecule has 0 aromatic rings. The minimum atomic E-state index is -0.254. The van der Waals surface area contributed by atoms with Crippen LogP contribution in [0.5, 0.6) is 0 Å². The second kappa shape index (κ2) is 5.17. The standard InChI is InChI=1S/C9H17NO/c1-5-8(3)10(4)7-9(11)6-2/h1,8-9,11H,6-7H2,2-4H3. The summed E-state index contributed by atoms with van der Waals surface area (Å²) < 4.78 is 0. The predicted octanol–water partition coefficient (Wildman–Crippen LogP) is 0.711. The normalized spacial score (nSPS) is 16.0. The van der Waals surface area contributed by atoms with Crippen LogP contribution in [0.1, 0.15) is 20.3 Å². The van der Waals surface area contributed by atoms with Crippen LogP contribution >= 0.6 is 0 Å². The molecule has 2 atom stereocenters. The second-order valence-electron chi connectivity index (χ2n) is 2.84.